The molecule has 1 aliphatic carbocycles. The Balaban J connectivity index is 2.03. The maximum atomic E-state index is 13.8. The van der Waals surface area contributed by atoms with Crippen LogP contribution < -0.4 is 9.47 Å². The smallest absolute Gasteiger partial charge is 0.197 e. The molecule has 0 amide bonds. The highest BCUT2D eigenvalue weighted by atomic mass is 19.1. The van der Waals surface area contributed by atoms with Gasteiger partial charge >= 0.3 is 0 Å². The lowest BCUT2D eigenvalue weighted by Crippen LogP contribution is -2.18. The third kappa shape index (κ3) is 1.53. The molecule has 1 fully saturated rings. The average Bonchev–Trinajstić information content (AvgIpc) is 3.05. The average molecular weight is 224 g/mol. The summed E-state index contributed by atoms with van der Waals surface area (Å²) in [6.07, 6.45) is 2.74. The largest absolute Gasteiger partial charge is 0.489 e. The number of hydrogen-bond acceptors (Lipinski definition) is 3. The van der Waals surface area contributed by atoms with E-state index in [4.69, 9.17) is 14.6 Å². The highest BCUT2D eigenvalue weighted by Crippen LogP contribution is 2.48. The van der Waals surface area contributed by atoms with E-state index in [0.29, 0.717) is 17.9 Å². The first-order chi connectivity index (χ1) is 7.72. The van der Waals surface area contributed by atoms with E-state index >= 15 is 0 Å². The van der Waals surface area contributed by atoms with Gasteiger partial charge in [0, 0.05) is 6.42 Å². The highest BCUT2D eigenvalue weighted by molar-refractivity contribution is 5.45. The Bertz CT molecular complexity index is 427. The number of aliphatic hydroxyl groups is 1. The minimum atomic E-state index is -0.449. The molecular weight excluding hydrogens is 211 g/mol. The van der Waals surface area contributed by atoms with Crippen molar-refractivity contribution >= 4 is 0 Å². The van der Waals surface area contributed by atoms with Crippen LogP contribution in [-0.4, -0.2) is 17.3 Å². The number of fused-ring (bicyclic) bond motifs is 1. The summed E-state index contributed by atoms with van der Waals surface area (Å²) in [5.74, 6) is 0.162. The SMILES string of the molecule is OCc1cc(F)c2c(c1)OCCC1(CC1)O2. The van der Waals surface area contributed by atoms with Gasteiger partial charge in [0.2, 0.25) is 0 Å². The minimum absolute atomic E-state index is 0.188. The summed E-state index contributed by atoms with van der Waals surface area (Å²) in [5, 5.41) is 8.99. The Kier molecular flexibility index (Phi) is 2.07. The van der Waals surface area contributed by atoms with E-state index in [1.54, 1.807) is 6.07 Å². The third-order valence-electron chi connectivity index (χ3n) is 3.19. The van der Waals surface area contributed by atoms with Crippen LogP contribution >= 0.6 is 0 Å². The first kappa shape index (κ1) is 9.90. The number of ether oxygens (including phenoxy) is 2. The molecule has 0 aromatic heterocycles. The fraction of sp³-hybridized carbons (Fsp3) is 0.500. The molecule has 0 radical (unpaired) electrons. The van der Waals surface area contributed by atoms with Gasteiger partial charge in [0.25, 0.3) is 0 Å². The Morgan fingerprint density at radius 3 is 2.81 bits per heavy atom. The summed E-state index contributed by atoms with van der Waals surface area (Å²) in [4.78, 5) is 0. The molecule has 1 heterocycles. The summed E-state index contributed by atoms with van der Waals surface area (Å²) < 4.78 is 24.9. The van der Waals surface area contributed by atoms with Crippen LogP contribution in [0.15, 0.2) is 12.1 Å². The quantitative estimate of drug-likeness (QED) is 0.793. The number of hydrogen-bond donors (Lipinski definition) is 1. The third-order valence-corrected chi connectivity index (χ3v) is 3.19. The van der Waals surface area contributed by atoms with Gasteiger partial charge in [-0.3, -0.25) is 0 Å². The zero-order valence-electron chi connectivity index (χ0n) is 8.83. The minimum Gasteiger partial charge on any atom is -0.489 e. The molecular formula is C12H13FO3. The Hall–Kier alpha value is -1.29. The van der Waals surface area contributed by atoms with Gasteiger partial charge in [-0.1, -0.05) is 0 Å². The van der Waals surface area contributed by atoms with Crippen LogP contribution in [0.3, 0.4) is 0 Å². The maximum Gasteiger partial charge on any atom is 0.197 e. The molecule has 2 aliphatic rings. The second kappa shape index (κ2) is 3.35. The molecule has 1 aliphatic heterocycles. The normalized spacial score (nSPS) is 20.6. The van der Waals surface area contributed by atoms with Crippen LogP contribution in [0.25, 0.3) is 0 Å². The van der Waals surface area contributed by atoms with E-state index in [-0.39, 0.29) is 18.0 Å². The van der Waals surface area contributed by atoms with Crippen LogP contribution in [0.4, 0.5) is 4.39 Å². The van der Waals surface area contributed by atoms with Crippen LogP contribution in [-0.2, 0) is 6.61 Å². The van der Waals surface area contributed by atoms with Crippen LogP contribution in [0.2, 0.25) is 0 Å². The second-order valence-electron chi connectivity index (χ2n) is 4.45. The van der Waals surface area contributed by atoms with E-state index in [1.165, 1.54) is 6.07 Å². The summed E-state index contributed by atoms with van der Waals surface area (Å²) in [6, 6.07) is 2.93. The van der Waals surface area contributed by atoms with Gasteiger partial charge in [-0.05, 0) is 30.5 Å². The van der Waals surface area contributed by atoms with Gasteiger partial charge in [0.1, 0.15) is 5.60 Å². The fourth-order valence-electron chi connectivity index (χ4n) is 2.03. The lowest BCUT2D eigenvalue weighted by molar-refractivity contribution is 0.163. The molecule has 86 valence electrons. The van der Waals surface area contributed by atoms with Crippen molar-refractivity contribution in [3.05, 3.63) is 23.5 Å². The topological polar surface area (TPSA) is 38.7 Å². The summed E-state index contributed by atoms with van der Waals surface area (Å²) >= 11 is 0. The van der Waals surface area contributed by atoms with Crippen molar-refractivity contribution in [3.8, 4) is 11.5 Å². The number of halogens is 1. The van der Waals surface area contributed by atoms with Crippen LogP contribution in [0.5, 0.6) is 11.5 Å². The van der Waals surface area contributed by atoms with Gasteiger partial charge in [-0.15, -0.1) is 0 Å². The van der Waals surface area contributed by atoms with Crippen LogP contribution in [0.1, 0.15) is 24.8 Å². The van der Waals surface area contributed by atoms with Crippen molar-refractivity contribution in [1.29, 1.82) is 0 Å². The summed E-state index contributed by atoms with van der Waals surface area (Å²) in [5.41, 5.74) is 0.318. The monoisotopic (exact) mass is 224 g/mol. The molecule has 0 atom stereocenters. The lowest BCUT2D eigenvalue weighted by atomic mass is 10.2. The van der Waals surface area contributed by atoms with Crippen molar-refractivity contribution in [2.75, 3.05) is 6.61 Å². The van der Waals surface area contributed by atoms with Crippen molar-refractivity contribution in [1.82, 2.24) is 0 Å². The second-order valence-corrected chi connectivity index (χ2v) is 4.45. The number of benzene rings is 1. The molecule has 0 bridgehead atoms. The molecule has 1 aromatic carbocycles. The molecule has 0 saturated heterocycles. The number of rotatable bonds is 1. The standard InChI is InChI=1S/C12H13FO3/c13-9-5-8(7-14)6-10-11(9)16-12(1-2-12)3-4-15-10/h5-6,14H,1-4,7H2. The van der Waals surface area contributed by atoms with Crippen LogP contribution in [0, 0.1) is 5.82 Å². The van der Waals surface area contributed by atoms with E-state index < -0.39 is 5.82 Å². The van der Waals surface area contributed by atoms with Gasteiger partial charge in [-0.2, -0.15) is 0 Å². The fourth-order valence-corrected chi connectivity index (χ4v) is 2.03. The molecule has 1 saturated carbocycles. The number of aliphatic hydroxyl groups excluding tert-OH is 1. The predicted octanol–water partition coefficient (Wildman–Crippen LogP) is 2.01. The zero-order valence-corrected chi connectivity index (χ0v) is 8.83. The van der Waals surface area contributed by atoms with Gasteiger partial charge in [-0.25, -0.2) is 4.39 Å². The van der Waals surface area contributed by atoms with E-state index in [0.717, 1.165) is 19.3 Å². The van der Waals surface area contributed by atoms with Crippen molar-refractivity contribution in [3.63, 3.8) is 0 Å². The lowest BCUT2D eigenvalue weighted by Gasteiger charge is -2.15. The molecule has 0 unspecified atom stereocenters. The van der Waals surface area contributed by atoms with E-state index in [2.05, 4.69) is 0 Å². The summed E-state index contributed by atoms with van der Waals surface area (Å²) in [6.45, 7) is 0.347. The van der Waals surface area contributed by atoms with Crippen molar-refractivity contribution in [2.45, 2.75) is 31.5 Å². The zero-order chi connectivity index (χ0) is 11.2. The first-order valence-electron chi connectivity index (χ1n) is 5.48. The van der Waals surface area contributed by atoms with E-state index in [9.17, 15) is 4.39 Å². The maximum absolute atomic E-state index is 13.8. The van der Waals surface area contributed by atoms with Gasteiger partial charge in [0.15, 0.2) is 17.3 Å². The molecule has 1 N–H and O–H groups in total. The van der Waals surface area contributed by atoms with Gasteiger partial charge in [0.05, 0.1) is 13.2 Å². The first-order valence-corrected chi connectivity index (χ1v) is 5.48. The van der Waals surface area contributed by atoms with Crippen molar-refractivity contribution in [2.24, 2.45) is 0 Å². The Morgan fingerprint density at radius 2 is 2.12 bits per heavy atom. The Labute approximate surface area is 92.8 Å². The molecule has 3 nitrogen and oxygen atoms in total. The van der Waals surface area contributed by atoms with E-state index in [1.807, 2.05) is 0 Å². The molecule has 4 heteroatoms. The molecule has 1 aromatic rings. The molecule has 16 heavy (non-hydrogen) atoms. The summed E-state index contributed by atoms with van der Waals surface area (Å²) in [7, 11) is 0. The molecule has 1 spiro atoms. The van der Waals surface area contributed by atoms with Gasteiger partial charge < -0.3 is 14.6 Å². The Morgan fingerprint density at radius 1 is 1.31 bits per heavy atom. The predicted molar refractivity (Wildman–Crippen MR) is 55.0 cm³/mol. The molecule has 3 rings (SSSR count). The van der Waals surface area contributed by atoms with Crippen molar-refractivity contribution < 1.29 is 19.0 Å². The highest BCUT2D eigenvalue weighted by Gasteiger charge is 2.47.